The van der Waals surface area contributed by atoms with Gasteiger partial charge in [0.05, 0.1) is 18.8 Å². The first kappa shape index (κ1) is 14.5. The molecular formula is C11H15NO5S. The Morgan fingerprint density at radius 1 is 1.33 bits per heavy atom. The van der Waals surface area contributed by atoms with Crippen LogP contribution >= 0.6 is 0 Å². The zero-order valence-corrected chi connectivity index (χ0v) is 11.2. The van der Waals surface area contributed by atoms with E-state index in [0.717, 1.165) is 6.07 Å². The van der Waals surface area contributed by atoms with E-state index < -0.39 is 16.0 Å². The fraction of sp³-hybridized carbons (Fsp3) is 0.364. The van der Waals surface area contributed by atoms with Crippen LogP contribution in [0.15, 0.2) is 23.1 Å². The molecule has 0 unspecified atom stereocenters. The summed E-state index contributed by atoms with van der Waals surface area (Å²) >= 11 is 0. The molecule has 0 aliphatic heterocycles. The normalized spacial score (nSPS) is 11.4. The maximum Gasteiger partial charge on any atom is 0.338 e. The van der Waals surface area contributed by atoms with Crippen molar-refractivity contribution in [3.63, 3.8) is 0 Å². The van der Waals surface area contributed by atoms with Gasteiger partial charge in [-0.3, -0.25) is 0 Å². The van der Waals surface area contributed by atoms with E-state index in [1.165, 1.54) is 19.2 Å². The quantitative estimate of drug-likeness (QED) is 0.822. The van der Waals surface area contributed by atoms with Crippen molar-refractivity contribution in [3.8, 4) is 5.75 Å². The van der Waals surface area contributed by atoms with Crippen LogP contribution < -0.4 is 9.88 Å². The van der Waals surface area contributed by atoms with E-state index >= 15 is 0 Å². The monoisotopic (exact) mass is 273 g/mol. The molecule has 0 radical (unpaired) electrons. The fourth-order valence-electron chi connectivity index (χ4n) is 1.31. The van der Waals surface area contributed by atoms with Crippen LogP contribution in [0.1, 0.15) is 24.2 Å². The van der Waals surface area contributed by atoms with E-state index in [4.69, 9.17) is 14.6 Å². The van der Waals surface area contributed by atoms with Gasteiger partial charge < -0.3 is 9.47 Å². The number of methoxy groups -OCH3 is 1. The highest BCUT2D eigenvalue weighted by atomic mass is 32.2. The Morgan fingerprint density at radius 2 is 1.94 bits per heavy atom. The van der Waals surface area contributed by atoms with Crippen molar-refractivity contribution in [2.45, 2.75) is 24.8 Å². The van der Waals surface area contributed by atoms with Gasteiger partial charge in [-0.15, -0.1) is 0 Å². The van der Waals surface area contributed by atoms with Gasteiger partial charge in [0, 0.05) is 0 Å². The smallest absolute Gasteiger partial charge is 0.338 e. The molecule has 0 spiro atoms. The van der Waals surface area contributed by atoms with Crippen molar-refractivity contribution in [2.75, 3.05) is 7.11 Å². The molecule has 1 rings (SSSR count). The van der Waals surface area contributed by atoms with Crippen LogP contribution in [0.5, 0.6) is 5.75 Å². The lowest BCUT2D eigenvalue weighted by molar-refractivity contribution is 0.0377. The van der Waals surface area contributed by atoms with Crippen LogP contribution in [-0.4, -0.2) is 27.6 Å². The van der Waals surface area contributed by atoms with Crippen molar-refractivity contribution < 1.29 is 22.7 Å². The number of nitrogens with two attached hydrogens (primary N) is 1. The van der Waals surface area contributed by atoms with Gasteiger partial charge in [0.2, 0.25) is 10.0 Å². The summed E-state index contributed by atoms with van der Waals surface area (Å²) in [7, 11) is -2.65. The Labute approximate surface area is 106 Å². The highest BCUT2D eigenvalue weighted by Gasteiger charge is 2.19. The molecule has 2 N–H and O–H groups in total. The third-order valence-corrected chi connectivity index (χ3v) is 2.98. The molecule has 100 valence electrons. The molecule has 0 heterocycles. The average molecular weight is 273 g/mol. The number of carbonyl (C=O) groups is 1. The SMILES string of the molecule is COc1ccc(C(=O)OC(C)C)cc1S(N)(=O)=O. The Morgan fingerprint density at radius 3 is 2.39 bits per heavy atom. The third kappa shape index (κ3) is 3.44. The summed E-state index contributed by atoms with van der Waals surface area (Å²) in [5.74, 6) is -0.531. The largest absolute Gasteiger partial charge is 0.495 e. The van der Waals surface area contributed by atoms with Gasteiger partial charge in [-0.1, -0.05) is 0 Å². The predicted octanol–water partition coefficient (Wildman–Crippen LogP) is 0.908. The number of rotatable bonds is 4. The topological polar surface area (TPSA) is 95.7 Å². The van der Waals surface area contributed by atoms with Crippen LogP contribution in [0.25, 0.3) is 0 Å². The Balaban J connectivity index is 3.23. The summed E-state index contributed by atoms with van der Waals surface area (Å²) in [4.78, 5) is 11.4. The van der Waals surface area contributed by atoms with Crippen molar-refractivity contribution >= 4 is 16.0 Å². The Kier molecular flexibility index (Phi) is 4.31. The maximum absolute atomic E-state index is 11.6. The van der Waals surface area contributed by atoms with E-state index in [9.17, 15) is 13.2 Å². The second-order valence-electron chi connectivity index (χ2n) is 3.86. The summed E-state index contributed by atoms with van der Waals surface area (Å²) in [5.41, 5.74) is 0.105. The van der Waals surface area contributed by atoms with Crippen molar-refractivity contribution in [1.29, 1.82) is 0 Å². The van der Waals surface area contributed by atoms with E-state index in [1.807, 2.05) is 0 Å². The Bertz CT molecular complexity index is 551. The van der Waals surface area contributed by atoms with Crippen LogP contribution in [0.4, 0.5) is 0 Å². The number of hydrogen-bond acceptors (Lipinski definition) is 5. The maximum atomic E-state index is 11.6. The number of esters is 1. The number of primary sulfonamides is 1. The van der Waals surface area contributed by atoms with Crippen molar-refractivity contribution in [2.24, 2.45) is 5.14 Å². The summed E-state index contributed by atoms with van der Waals surface area (Å²) in [6.07, 6.45) is -0.294. The van der Waals surface area contributed by atoms with E-state index in [0.29, 0.717) is 0 Å². The van der Waals surface area contributed by atoms with Crippen molar-refractivity contribution in [3.05, 3.63) is 23.8 Å². The highest BCUT2D eigenvalue weighted by Crippen LogP contribution is 2.24. The van der Waals surface area contributed by atoms with Crippen LogP contribution in [0.2, 0.25) is 0 Å². The van der Waals surface area contributed by atoms with Crippen LogP contribution in [-0.2, 0) is 14.8 Å². The third-order valence-electron chi connectivity index (χ3n) is 2.05. The molecule has 18 heavy (non-hydrogen) atoms. The molecule has 6 nitrogen and oxygen atoms in total. The van der Waals surface area contributed by atoms with Crippen LogP contribution in [0, 0.1) is 0 Å². The minimum absolute atomic E-state index is 0.0820. The van der Waals surface area contributed by atoms with Gasteiger partial charge in [-0.05, 0) is 32.0 Å². The van der Waals surface area contributed by atoms with E-state index in [2.05, 4.69) is 0 Å². The number of sulfonamides is 1. The number of hydrogen-bond donors (Lipinski definition) is 1. The van der Waals surface area contributed by atoms with Gasteiger partial charge >= 0.3 is 5.97 Å². The standard InChI is InChI=1S/C11H15NO5S/c1-7(2)17-11(13)8-4-5-9(16-3)10(6-8)18(12,14)15/h4-7H,1-3H3,(H2,12,14,15). The summed E-state index contributed by atoms with van der Waals surface area (Å²) in [5, 5.41) is 5.04. The molecular weight excluding hydrogens is 258 g/mol. The van der Waals surface area contributed by atoms with Gasteiger partial charge in [0.15, 0.2) is 0 Å². The molecule has 0 atom stereocenters. The molecule has 0 aliphatic carbocycles. The van der Waals surface area contributed by atoms with E-state index in [1.54, 1.807) is 13.8 Å². The summed E-state index contributed by atoms with van der Waals surface area (Å²) < 4.78 is 32.5. The van der Waals surface area contributed by atoms with E-state index in [-0.39, 0.29) is 22.3 Å². The van der Waals surface area contributed by atoms with Crippen LogP contribution in [0.3, 0.4) is 0 Å². The van der Waals surface area contributed by atoms with Gasteiger partial charge in [0.1, 0.15) is 10.6 Å². The minimum Gasteiger partial charge on any atom is -0.495 e. The highest BCUT2D eigenvalue weighted by molar-refractivity contribution is 7.89. The first-order valence-electron chi connectivity index (χ1n) is 5.17. The fourth-order valence-corrected chi connectivity index (χ4v) is 2.03. The number of benzene rings is 1. The number of carbonyl (C=O) groups excluding carboxylic acids is 1. The predicted molar refractivity (Wildman–Crippen MR) is 64.9 cm³/mol. The molecule has 1 aromatic rings. The molecule has 0 aliphatic rings. The molecule has 7 heteroatoms. The molecule has 0 fully saturated rings. The van der Waals surface area contributed by atoms with Crippen molar-refractivity contribution in [1.82, 2.24) is 0 Å². The second-order valence-corrected chi connectivity index (χ2v) is 5.39. The lowest BCUT2D eigenvalue weighted by atomic mass is 10.2. The molecule has 0 aromatic heterocycles. The first-order valence-corrected chi connectivity index (χ1v) is 6.72. The zero-order valence-electron chi connectivity index (χ0n) is 10.3. The second kappa shape index (κ2) is 5.36. The molecule has 1 aromatic carbocycles. The van der Waals surface area contributed by atoms with Gasteiger partial charge in [-0.2, -0.15) is 0 Å². The number of ether oxygens (including phenoxy) is 2. The average Bonchev–Trinajstić information content (AvgIpc) is 2.26. The minimum atomic E-state index is -3.96. The summed E-state index contributed by atoms with van der Waals surface area (Å²) in [6, 6.07) is 3.91. The lowest BCUT2D eigenvalue weighted by Gasteiger charge is -2.10. The van der Waals surface area contributed by atoms with Gasteiger partial charge in [-0.25, -0.2) is 18.4 Å². The Hall–Kier alpha value is -1.60. The van der Waals surface area contributed by atoms with Gasteiger partial charge in [0.25, 0.3) is 0 Å². The summed E-state index contributed by atoms with van der Waals surface area (Å²) in [6.45, 7) is 3.39. The molecule has 0 amide bonds. The molecule has 0 saturated carbocycles. The molecule has 0 saturated heterocycles. The zero-order chi connectivity index (χ0) is 13.9. The molecule has 0 bridgehead atoms. The first-order chi connectivity index (χ1) is 8.25. The lowest BCUT2D eigenvalue weighted by Crippen LogP contribution is -2.16.